The number of rotatable bonds is 6. The number of nitrogens with zero attached hydrogens (tertiary/aromatic N) is 2. The fraction of sp³-hybridized carbons (Fsp3) is 0.235. The summed E-state index contributed by atoms with van der Waals surface area (Å²) >= 11 is 7.55. The molecule has 3 rings (SSSR count). The lowest BCUT2D eigenvalue weighted by Crippen LogP contribution is -2.18. The van der Waals surface area contributed by atoms with Gasteiger partial charge in [-0.1, -0.05) is 41.7 Å². The molecular weight excluding hydrogens is 300 g/mol. The van der Waals surface area contributed by atoms with Gasteiger partial charge >= 0.3 is 0 Å². The summed E-state index contributed by atoms with van der Waals surface area (Å²) in [6, 6.07) is 18.7. The largest absolute Gasteiger partial charge is 0.318 e. The van der Waals surface area contributed by atoms with E-state index in [1.54, 1.807) is 11.3 Å². The van der Waals surface area contributed by atoms with Crippen LogP contribution in [0.1, 0.15) is 12.8 Å². The maximum absolute atomic E-state index is 5.81. The molecule has 1 heterocycles. The van der Waals surface area contributed by atoms with Gasteiger partial charge in [-0.15, -0.1) is 11.6 Å². The minimum atomic E-state index is 0.711. The molecule has 108 valence electrons. The Morgan fingerprint density at radius 2 is 1.71 bits per heavy atom. The third kappa shape index (κ3) is 3.36. The second-order valence-electron chi connectivity index (χ2n) is 4.85. The Balaban J connectivity index is 1.93. The van der Waals surface area contributed by atoms with Crippen molar-refractivity contribution >= 4 is 44.0 Å². The number of halogens is 1. The van der Waals surface area contributed by atoms with Crippen molar-refractivity contribution in [3.63, 3.8) is 0 Å². The van der Waals surface area contributed by atoms with Crippen molar-refractivity contribution in [2.45, 2.75) is 12.8 Å². The molecule has 1 aromatic heterocycles. The van der Waals surface area contributed by atoms with Crippen LogP contribution in [-0.2, 0) is 0 Å². The maximum Gasteiger partial charge on any atom is 0.190 e. The highest BCUT2D eigenvalue weighted by Gasteiger charge is 2.13. The highest BCUT2D eigenvalue weighted by atomic mass is 35.5. The first-order chi connectivity index (χ1) is 10.4. The van der Waals surface area contributed by atoms with Gasteiger partial charge in [-0.05, 0) is 37.1 Å². The van der Waals surface area contributed by atoms with Crippen LogP contribution in [0.25, 0.3) is 10.2 Å². The molecule has 0 atom stereocenters. The molecule has 0 radical (unpaired) electrons. The molecule has 4 heteroatoms. The third-order valence-corrected chi connectivity index (χ3v) is 4.67. The summed E-state index contributed by atoms with van der Waals surface area (Å²) in [5, 5.41) is 1.05. The van der Waals surface area contributed by atoms with Gasteiger partial charge in [0.1, 0.15) is 0 Å². The molecule has 0 saturated heterocycles. The number of benzene rings is 2. The van der Waals surface area contributed by atoms with Crippen molar-refractivity contribution in [2.75, 3.05) is 17.3 Å². The van der Waals surface area contributed by atoms with Gasteiger partial charge < -0.3 is 4.90 Å². The third-order valence-electron chi connectivity index (χ3n) is 3.35. The molecular formula is C17H17ClN2S. The summed E-state index contributed by atoms with van der Waals surface area (Å²) in [5.41, 5.74) is 2.25. The summed E-state index contributed by atoms with van der Waals surface area (Å²) < 4.78 is 1.23. The van der Waals surface area contributed by atoms with Crippen LogP contribution in [0.3, 0.4) is 0 Å². The van der Waals surface area contributed by atoms with Gasteiger partial charge in [0.05, 0.1) is 10.2 Å². The molecule has 0 bridgehead atoms. The number of alkyl halides is 1. The number of unbranched alkanes of at least 4 members (excludes halogenated alkanes) is 1. The lowest BCUT2D eigenvalue weighted by molar-refractivity contribution is 0.788. The van der Waals surface area contributed by atoms with E-state index in [-0.39, 0.29) is 0 Å². The van der Waals surface area contributed by atoms with Crippen LogP contribution >= 0.6 is 22.9 Å². The van der Waals surface area contributed by atoms with Crippen molar-refractivity contribution in [3.8, 4) is 0 Å². The number of hydrogen-bond acceptors (Lipinski definition) is 3. The molecule has 0 N–H and O–H groups in total. The van der Waals surface area contributed by atoms with Crippen LogP contribution in [0.5, 0.6) is 0 Å². The zero-order valence-corrected chi connectivity index (χ0v) is 13.3. The topological polar surface area (TPSA) is 16.1 Å². The van der Waals surface area contributed by atoms with Crippen molar-refractivity contribution in [1.29, 1.82) is 0 Å². The van der Waals surface area contributed by atoms with Crippen LogP contribution < -0.4 is 4.90 Å². The van der Waals surface area contributed by atoms with Crippen LogP contribution in [0.4, 0.5) is 10.8 Å². The van der Waals surface area contributed by atoms with Crippen LogP contribution in [0.15, 0.2) is 54.6 Å². The standard InChI is InChI=1S/C17H17ClN2S/c18-12-6-7-13-20(14-8-2-1-3-9-14)17-19-15-10-4-5-11-16(15)21-17/h1-5,8-11H,6-7,12-13H2. The lowest BCUT2D eigenvalue weighted by Gasteiger charge is -2.21. The van der Waals surface area contributed by atoms with Crippen molar-refractivity contribution in [2.24, 2.45) is 0 Å². The Morgan fingerprint density at radius 3 is 2.48 bits per heavy atom. The summed E-state index contributed by atoms with van der Waals surface area (Å²) in [5.74, 6) is 0.711. The Bertz CT molecular complexity index is 663. The zero-order chi connectivity index (χ0) is 14.5. The molecule has 0 amide bonds. The Labute approximate surface area is 134 Å². The zero-order valence-electron chi connectivity index (χ0n) is 11.7. The van der Waals surface area contributed by atoms with E-state index in [4.69, 9.17) is 16.6 Å². The van der Waals surface area contributed by atoms with E-state index in [2.05, 4.69) is 47.4 Å². The molecule has 0 aliphatic carbocycles. The molecule has 0 aliphatic rings. The minimum absolute atomic E-state index is 0.711. The summed E-state index contributed by atoms with van der Waals surface area (Å²) in [7, 11) is 0. The van der Waals surface area contributed by atoms with Crippen molar-refractivity contribution in [3.05, 3.63) is 54.6 Å². The first kappa shape index (κ1) is 14.4. The summed E-state index contributed by atoms with van der Waals surface area (Å²) in [6.07, 6.45) is 2.09. The number of hydrogen-bond donors (Lipinski definition) is 0. The molecule has 0 aliphatic heterocycles. The van der Waals surface area contributed by atoms with E-state index in [0.29, 0.717) is 5.88 Å². The van der Waals surface area contributed by atoms with Crippen LogP contribution in [0.2, 0.25) is 0 Å². The molecule has 2 aromatic carbocycles. The molecule has 0 unspecified atom stereocenters. The van der Waals surface area contributed by atoms with Gasteiger partial charge in [0.2, 0.25) is 0 Å². The second-order valence-corrected chi connectivity index (χ2v) is 6.23. The molecule has 3 aromatic rings. The fourth-order valence-corrected chi connectivity index (χ4v) is 3.48. The number of anilines is 2. The van der Waals surface area contributed by atoms with E-state index < -0.39 is 0 Å². The molecule has 0 saturated carbocycles. The average molecular weight is 317 g/mol. The average Bonchev–Trinajstić information content (AvgIpc) is 2.96. The minimum Gasteiger partial charge on any atom is -0.318 e. The molecule has 2 nitrogen and oxygen atoms in total. The van der Waals surface area contributed by atoms with Crippen LogP contribution in [-0.4, -0.2) is 17.4 Å². The number of thiazole rings is 1. The SMILES string of the molecule is ClCCCCN(c1ccccc1)c1nc2ccccc2s1. The first-order valence-corrected chi connectivity index (χ1v) is 8.48. The van der Waals surface area contributed by atoms with Gasteiger partial charge in [0, 0.05) is 18.1 Å². The summed E-state index contributed by atoms with van der Waals surface area (Å²) in [6.45, 7) is 0.941. The van der Waals surface area contributed by atoms with E-state index in [0.717, 1.165) is 30.0 Å². The second kappa shape index (κ2) is 6.92. The predicted molar refractivity (Wildman–Crippen MR) is 93.0 cm³/mol. The van der Waals surface area contributed by atoms with Gasteiger partial charge in [-0.2, -0.15) is 0 Å². The highest BCUT2D eigenvalue weighted by molar-refractivity contribution is 7.22. The van der Waals surface area contributed by atoms with Crippen molar-refractivity contribution < 1.29 is 0 Å². The Kier molecular flexibility index (Phi) is 4.73. The molecule has 21 heavy (non-hydrogen) atoms. The van der Waals surface area contributed by atoms with Crippen LogP contribution in [0, 0.1) is 0 Å². The van der Waals surface area contributed by atoms with E-state index in [1.807, 2.05) is 12.1 Å². The lowest BCUT2D eigenvalue weighted by atomic mass is 10.2. The first-order valence-electron chi connectivity index (χ1n) is 7.12. The van der Waals surface area contributed by atoms with E-state index in [9.17, 15) is 0 Å². The smallest absolute Gasteiger partial charge is 0.190 e. The van der Waals surface area contributed by atoms with Gasteiger partial charge in [0.15, 0.2) is 5.13 Å². The number of aromatic nitrogens is 1. The van der Waals surface area contributed by atoms with Crippen molar-refractivity contribution in [1.82, 2.24) is 4.98 Å². The number of fused-ring (bicyclic) bond motifs is 1. The normalized spacial score (nSPS) is 10.9. The van der Waals surface area contributed by atoms with Gasteiger partial charge in [-0.3, -0.25) is 0 Å². The maximum atomic E-state index is 5.81. The highest BCUT2D eigenvalue weighted by Crippen LogP contribution is 2.33. The molecule has 0 fully saturated rings. The Hall–Kier alpha value is -1.58. The fourth-order valence-electron chi connectivity index (χ4n) is 2.28. The van der Waals surface area contributed by atoms with Gasteiger partial charge in [-0.25, -0.2) is 4.98 Å². The summed E-state index contributed by atoms with van der Waals surface area (Å²) in [4.78, 5) is 7.07. The quantitative estimate of drug-likeness (QED) is 0.444. The number of para-hydroxylation sites is 2. The Morgan fingerprint density at radius 1 is 0.952 bits per heavy atom. The molecule has 0 spiro atoms. The monoisotopic (exact) mass is 316 g/mol. The van der Waals surface area contributed by atoms with E-state index in [1.165, 1.54) is 10.4 Å². The predicted octanol–water partition coefficient (Wildman–Crippen LogP) is 5.45. The van der Waals surface area contributed by atoms with E-state index >= 15 is 0 Å². The van der Waals surface area contributed by atoms with Gasteiger partial charge in [0.25, 0.3) is 0 Å².